The quantitative estimate of drug-likeness (QED) is 0.477. The number of hydrogen-bond donors (Lipinski definition) is 2. The Morgan fingerprint density at radius 1 is 1.75 bits per heavy atom. The maximum atomic E-state index is 8.93. The Hall–Kier alpha value is -0.500. The van der Waals surface area contributed by atoms with Crippen LogP contribution in [0.25, 0.3) is 0 Å². The highest BCUT2D eigenvalue weighted by molar-refractivity contribution is 5.01. The summed E-state index contributed by atoms with van der Waals surface area (Å²) < 4.78 is 0. The molecule has 0 bridgehead atoms. The van der Waals surface area contributed by atoms with Crippen molar-refractivity contribution in [3.8, 4) is 0 Å². The monoisotopic (exact) mass is 113 g/mol. The molecule has 0 aromatic rings. The van der Waals surface area contributed by atoms with Gasteiger partial charge in [-0.15, -0.1) is 0 Å². The van der Waals surface area contributed by atoms with E-state index in [9.17, 15) is 0 Å². The van der Waals surface area contributed by atoms with Crippen molar-refractivity contribution >= 4 is 0 Å². The third-order valence-electron chi connectivity index (χ3n) is 1.42. The third-order valence-corrected chi connectivity index (χ3v) is 1.42. The number of rotatable bonds is 0. The van der Waals surface area contributed by atoms with E-state index in [2.05, 4.69) is 0 Å². The fourth-order valence-electron chi connectivity index (χ4n) is 0.841. The van der Waals surface area contributed by atoms with Crippen LogP contribution in [0.1, 0.15) is 19.3 Å². The highest BCUT2D eigenvalue weighted by Crippen LogP contribution is 2.13. The van der Waals surface area contributed by atoms with Crippen LogP contribution in [-0.2, 0) is 0 Å². The second-order valence-corrected chi connectivity index (χ2v) is 2.21. The summed E-state index contributed by atoms with van der Waals surface area (Å²) in [5, 5.41) is 8.93. The van der Waals surface area contributed by atoms with Crippen molar-refractivity contribution in [1.29, 1.82) is 0 Å². The van der Waals surface area contributed by atoms with Crippen LogP contribution in [-0.4, -0.2) is 11.2 Å². The molecule has 0 unspecified atom stereocenters. The predicted octanol–water partition coefficient (Wildman–Crippen LogP) is 0.374. The molecule has 0 aromatic carbocycles. The molecule has 8 heavy (non-hydrogen) atoms. The van der Waals surface area contributed by atoms with Gasteiger partial charge in [0.15, 0.2) is 0 Å². The number of nitrogens with two attached hydrogens (primary N) is 1. The molecule has 0 saturated heterocycles. The summed E-state index contributed by atoms with van der Waals surface area (Å²) in [6.07, 6.45) is 4.20. The average Bonchev–Trinajstić information content (AvgIpc) is 1.77. The standard InChI is InChI=1S/C6H11NO/c7-5-1-3-6(8)4-2-5/h1,6,8H,2-4,7H2/t6-/m0/s1. The molecule has 1 aliphatic rings. The Labute approximate surface area is 49.0 Å². The van der Waals surface area contributed by atoms with Gasteiger partial charge in [0, 0.05) is 5.70 Å². The number of allylic oxidation sites excluding steroid dienone is 1. The van der Waals surface area contributed by atoms with E-state index in [1.165, 1.54) is 0 Å². The smallest absolute Gasteiger partial charge is 0.0579 e. The van der Waals surface area contributed by atoms with Crippen LogP contribution >= 0.6 is 0 Å². The Morgan fingerprint density at radius 2 is 2.50 bits per heavy atom. The van der Waals surface area contributed by atoms with E-state index in [0.717, 1.165) is 25.0 Å². The lowest BCUT2D eigenvalue weighted by molar-refractivity contribution is 0.162. The fourth-order valence-corrected chi connectivity index (χ4v) is 0.841. The first-order valence-corrected chi connectivity index (χ1v) is 2.91. The van der Waals surface area contributed by atoms with Crippen LogP contribution in [0, 0.1) is 0 Å². The van der Waals surface area contributed by atoms with Gasteiger partial charge in [-0.25, -0.2) is 0 Å². The van der Waals surface area contributed by atoms with Gasteiger partial charge in [0.1, 0.15) is 0 Å². The minimum atomic E-state index is -0.137. The van der Waals surface area contributed by atoms with E-state index in [0.29, 0.717) is 0 Å². The van der Waals surface area contributed by atoms with Gasteiger partial charge in [0.2, 0.25) is 0 Å². The molecule has 1 atom stereocenters. The summed E-state index contributed by atoms with van der Waals surface area (Å²) in [6, 6.07) is 0. The van der Waals surface area contributed by atoms with E-state index in [1.54, 1.807) is 0 Å². The molecule has 0 saturated carbocycles. The van der Waals surface area contributed by atoms with Gasteiger partial charge in [0.05, 0.1) is 6.10 Å². The lowest BCUT2D eigenvalue weighted by Gasteiger charge is -2.13. The second-order valence-electron chi connectivity index (χ2n) is 2.21. The Bertz CT molecular complexity index is 109. The van der Waals surface area contributed by atoms with Gasteiger partial charge in [0.25, 0.3) is 0 Å². The zero-order chi connectivity index (χ0) is 5.98. The first-order chi connectivity index (χ1) is 3.79. The number of aliphatic hydroxyl groups is 1. The minimum Gasteiger partial charge on any atom is -0.402 e. The Morgan fingerprint density at radius 3 is 2.88 bits per heavy atom. The summed E-state index contributed by atoms with van der Waals surface area (Å²) >= 11 is 0. The Balaban J connectivity index is 2.42. The predicted molar refractivity (Wildman–Crippen MR) is 32.1 cm³/mol. The van der Waals surface area contributed by atoms with Crippen LogP contribution in [0.5, 0.6) is 0 Å². The molecular weight excluding hydrogens is 102 g/mol. The van der Waals surface area contributed by atoms with Crippen LogP contribution in [0.3, 0.4) is 0 Å². The number of aliphatic hydroxyl groups excluding tert-OH is 1. The lowest BCUT2D eigenvalue weighted by atomic mass is 10.0. The van der Waals surface area contributed by atoms with Crippen molar-refractivity contribution in [2.75, 3.05) is 0 Å². The van der Waals surface area contributed by atoms with Crippen molar-refractivity contribution in [2.45, 2.75) is 25.4 Å². The molecule has 1 rings (SSSR count). The first kappa shape index (κ1) is 5.63. The zero-order valence-electron chi connectivity index (χ0n) is 4.80. The average molecular weight is 113 g/mol. The first-order valence-electron chi connectivity index (χ1n) is 2.91. The molecule has 0 amide bonds. The van der Waals surface area contributed by atoms with Crippen molar-refractivity contribution < 1.29 is 5.11 Å². The largest absolute Gasteiger partial charge is 0.402 e. The highest BCUT2D eigenvalue weighted by Gasteiger charge is 2.07. The second kappa shape index (κ2) is 2.18. The van der Waals surface area contributed by atoms with E-state index >= 15 is 0 Å². The number of hydrogen-bond acceptors (Lipinski definition) is 2. The summed E-state index contributed by atoms with van der Waals surface area (Å²) in [5.74, 6) is 0. The van der Waals surface area contributed by atoms with Crippen molar-refractivity contribution in [2.24, 2.45) is 5.73 Å². The highest BCUT2D eigenvalue weighted by atomic mass is 16.3. The summed E-state index contributed by atoms with van der Waals surface area (Å²) in [6.45, 7) is 0. The summed E-state index contributed by atoms with van der Waals surface area (Å²) in [5.41, 5.74) is 6.37. The van der Waals surface area contributed by atoms with E-state index < -0.39 is 0 Å². The Kier molecular flexibility index (Phi) is 1.53. The summed E-state index contributed by atoms with van der Waals surface area (Å²) in [7, 11) is 0. The molecule has 0 spiro atoms. The van der Waals surface area contributed by atoms with Crippen LogP contribution < -0.4 is 5.73 Å². The van der Waals surface area contributed by atoms with Crippen molar-refractivity contribution in [3.63, 3.8) is 0 Å². The maximum Gasteiger partial charge on any atom is 0.0579 e. The third kappa shape index (κ3) is 1.23. The van der Waals surface area contributed by atoms with Gasteiger partial charge in [-0.1, -0.05) is 6.08 Å². The molecule has 2 heteroatoms. The molecule has 2 nitrogen and oxygen atoms in total. The molecule has 1 aliphatic carbocycles. The van der Waals surface area contributed by atoms with Crippen molar-refractivity contribution in [3.05, 3.63) is 11.8 Å². The van der Waals surface area contributed by atoms with Crippen LogP contribution in [0.15, 0.2) is 11.8 Å². The van der Waals surface area contributed by atoms with E-state index in [4.69, 9.17) is 10.8 Å². The molecule has 3 N–H and O–H groups in total. The van der Waals surface area contributed by atoms with E-state index in [-0.39, 0.29) is 6.10 Å². The summed E-state index contributed by atoms with van der Waals surface area (Å²) in [4.78, 5) is 0. The SMILES string of the molecule is NC1=CC[C@H](O)CC1. The van der Waals surface area contributed by atoms with Gasteiger partial charge in [-0.2, -0.15) is 0 Å². The molecular formula is C6H11NO. The van der Waals surface area contributed by atoms with Gasteiger partial charge < -0.3 is 10.8 Å². The van der Waals surface area contributed by atoms with Gasteiger partial charge >= 0.3 is 0 Å². The molecule has 0 radical (unpaired) electrons. The topological polar surface area (TPSA) is 46.2 Å². The minimum absolute atomic E-state index is 0.137. The van der Waals surface area contributed by atoms with Gasteiger partial charge in [-0.3, -0.25) is 0 Å². The van der Waals surface area contributed by atoms with Crippen LogP contribution in [0.2, 0.25) is 0 Å². The molecule has 0 aromatic heterocycles. The molecule has 0 fully saturated rings. The van der Waals surface area contributed by atoms with Crippen molar-refractivity contribution in [1.82, 2.24) is 0 Å². The van der Waals surface area contributed by atoms with Crippen LogP contribution in [0.4, 0.5) is 0 Å². The van der Waals surface area contributed by atoms with Gasteiger partial charge in [-0.05, 0) is 19.3 Å². The van der Waals surface area contributed by atoms with E-state index in [1.807, 2.05) is 6.08 Å². The zero-order valence-corrected chi connectivity index (χ0v) is 4.80. The normalized spacial score (nSPS) is 29.6. The molecule has 46 valence electrons. The molecule has 0 aliphatic heterocycles. The molecule has 0 heterocycles. The fraction of sp³-hybridized carbons (Fsp3) is 0.667. The maximum absolute atomic E-state index is 8.93. The lowest BCUT2D eigenvalue weighted by Crippen LogP contribution is -2.13.